The maximum Gasteiger partial charge on any atom is 0.215 e. The third-order valence-corrected chi connectivity index (χ3v) is 5.99. The van der Waals surface area contributed by atoms with E-state index in [2.05, 4.69) is 4.72 Å². The van der Waals surface area contributed by atoms with Crippen LogP contribution in [0.1, 0.15) is 23.6 Å². The zero-order valence-electron chi connectivity index (χ0n) is 16.1. The molecule has 0 saturated heterocycles. The highest BCUT2D eigenvalue weighted by Gasteiger charge is 2.25. The maximum absolute atomic E-state index is 12.4. The Hall–Kier alpha value is -2.47. The largest absolute Gasteiger partial charge is 0.384 e. The van der Waals surface area contributed by atoms with E-state index in [-0.39, 0.29) is 12.3 Å². The number of aliphatic hydroxyl groups is 1. The van der Waals surface area contributed by atoms with Gasteiger partial charge in [0.1, 0.15) is 5.60 Å². The molecular formula is C23H25NO3S. The van der Waals surface area contributed by atoms with Crippen molar-refractivity contribution in [2.24, 2.45) is 0 Å². The molecule has 3 rings (SSSR count). The summed E-state index contributed by atoms with van der Waals surface area (Å²) in [6, 6.07) is 24.9. The van der Waals surface area contributed by atoms with Crippen molar-refractivity contribution in [2.75, 3.05) is 6.54 Å². The lowest BCUT2D eigenvalue weighted by Gasteiger charge is -2.24. The molecule has 2 N–H and O–H groups in total. The van der Waals surface area contributed by atoms with Crippen LogP contribution in [0, 0.1) is 6.92 Å². The molecule has 0 aliphatic heterocycles. The lowest BCUT2D eigenvalue weighted by molar-refractivity contribution is 0.0627. The van der Waals surface area contributed by atoms with E-state index in [0.717, 1.165) is 22.3 Å². The van der Waals surface area contributed by atoms with E-state index in [1.807, 2.05) is 79.7 Å². The molecule has 0 aliphatic rings. The number of sulfonamides is 1. The van der Waals surface area contributed by atoms with Crippen molar-refractivity contribution in [2.45, 2.75) is 25.2 Å². The third kappa shape index (κ3) is 5.29. The summed E-state index contributed by atoms with van der Waals surface area (Å²) in [4.78, 5) is 0. The highest BCUT2D eigenvalue weighted by molar-refractivity contribution is 7.88. The van der Waals surface area contributed by atoms with E-state index >= 15 is 0 Å². The summed E-state index contributed by atoms with van der Waals surface area (Å²) in [5.74, 6) is -0.113. The number of hydrogen-bond acceptors (Lipinski definition) is 3. The quantitative estimate of drug-likeness (QED) is 0.636. The summed E-state index contributed by atoms with van der Waals surface area (Å²) in [6.07, 6.45) is 0. The summed E-state index contributed by atoms with van der Waals surface area (Å²) in [7, 11) is -3.55. The zero-order valence-corrected chi connectivity index (χ0v) is 16.9. The highest BCUT2D eigenvalue weighted by Crippen LogP contribution is 2.25. The van der Waals surface area contributed by atoms with Crippen molar-refractivity contribution < 1.29 is 13.5 Å². The minimum atomic E-state index is -3.55. The van der Waals surface area contributed by atoms with Gasteiger partial charge in [0, 0.05) is 6.54 Å². The lowest BCUT2D eigenvalue weighted by Crippen LogP contribution is -2.39. The molecule has 0 aromatic heterocycles. The number of rotatable bonds is 7. The van der Waals surface area contributed by atoms with Gasteiger partial charge in [0.25, 0.3) is 0 Å². The van der Waals surface area contributed by atoms with Gasteiger partial charge < -0.3 is 5.11 Å². The first-order chi connectivity index (χ1) is 13.3. The highest BCUT2D eigenvalue weighted by atomic mass is 32.2. The third-order valence-electron chi connectivity index (χ3n) is 4.69. The summed E-state index contributed by atoms with van der Waals surface area (Å²) in [6.45, 7) is 3.44. The van der Waals surface area contributed by atoms with E-state index in [0.29, 0.717) is 5.56 Å². The number of hydrogen-bond donors (Lipinski definition) is 2. The van der Waals surface area contributed by atoms with Crippen molar-refractivity contribution in [1.29, 1.82) is 0 Å². The van der Waals surface area contributed by atoms with E-state index in [4.69, 9.17) is 0 Å². The molecule has 0 fully saturated rings. The van der Waals surface area contributed by atoms with E-state index in [1.54, 1.807) is 13.0 Å². The molecular weight excluding hydrogens is 370 g/mol. The van der Waals surface area contributed by atoms with Crippen LogP contribution in [0.4, 0.5) is 0 Å². The smallest absolute Gasteiger partial charge is 0.215 e. The zero-order chi connectivity index (χ0) is 20.2. The lowest BCUT2D eigenvalue weighted by atomic mass is 9.94. The first kappa shape index (κ1) is 20.3. The molecule has 3 aromatic carbocycles. The molecule has 0 amide bonds. The van der Waals surface area contributed by atoms with Gasteiger partial charge in [0.2, 0.25) is 10.0 Å². The van der Waals surface area contributed by atoms with Gasteiger partial charge >= 0.3 is 0 Å². The van der Waals surface area contributed by atoms with Crippen molar-refractivity contribution >= 4 is 10.0 Å². The first-order valence-corrected chi connectivity index (χ1v) is 10.8. The second-order valence-corrected chi connectivity index (χ2v) is 9.09. The van der Waals surface area contributed by atoms with Crippen LogP contribution in [0.3, 0.4) is 0 Å². The van der Waals surface area contributed by atoms with Crippen LogP contribution < -0.4 is 4.72 Å². The Morgan fingerprint density at radius 3 is 2.18 bits per heavy atom. The number of benzene rings is 3. The Morgan fingerprint density at radius 2 is 1.54 bits per heavy atom. The standard InChI is InChI=1S/C23H25NO3S/c1-18-7-6-8-19(15-18)16-28(26,27)24-17-23(2,25)22-13-11-21(12-14-22)20-9-4-3-5-10-20/h3-15,24-25H,16-17H2,1-2H3. The molecule has 0 heterocycles. The molecule has 0 spiro atoms. The van der Waals surface area contributed by atoms with Crippen molar-refractivity contribution in [3.05, 3.63) is 95.6 Å². The first-order valence-electron chi connectivity index (χ1n) is 9.16. The topological polar surface area (TPSA) is 66.4 Å². The van der Waals surface area contributed by atoms with Crippen LogP contribution in [0.5, 0.6) is 0 Å². The molecule has 0 aliphatic carbocycles. The fraction of sp³-hybridized carbons (Fsp3) is 0.217. The molecule has 0 saturated carbocycles. The molecule has 4 nitrogen and oxygen atoms in total. The van der Waals surface area contributed by atoms with Crippen LogP contribution in [0.15, 0.2) is 78.9 Å². The van der Waals surface area contributed by atoms with E-state index in [9.17, 15) is 13.5 Å². The van der Waals surface area contributed by atoms with Gasteiger partial charge in [-0.25, -0.2) is 13.1 Å². The Balaban J connectivity index is 1.67. The normalized spacial score (nSPS) is 13.8. The van der Waals surface area contributed by atoms with Gasteiger partial charge in [-0.1, -0.05) is 84.4 Å². The molecule has 28 heavy (non-hydrogen) atoms. The average Bonchev–Trinajstić information content (AvgIpc) is 2.67. The Bertz CT molecular complexity index is 1030. The van der Waals surface area contributed by atoms with Gasteiger partial charge in [-0.2, -0.15) is 0 Å². The predicted octanol–water partition coefficient (Wildman–Crippen LogP) is 3.99. The number of aryl methyl sites for hydroxylation is 1. The van der Waals surface area contributed by atoms with Crippen LogP contribution in [0.25, 0.3) is 11.1 Å². The van der Waals surface area contributed by atoms with Crippen LogP contribution in [0.2, 0.25) is 0 Å². The van der Waals surface area contributed by atoms with Crippen molar-refractivity contribution in [1.82, 2.24) is 4.72 Å². The second kappa shape index (κ2) is 8.27. The molecule has 146 valence electrons. The Morgan fingerprint density at radius 1 is 0.893 bits per heavy atom. The van der Waals surface area contributed by atoms with Crippen molar-refractivity contribution in [3.8, 4) is 11.1 Å². The number of nitrogens with one attached hydrogen (secondary N) is 1. The summed E-state index contributed by atoms with van der Waals surface area (Å²) in [5, 5.41) is 10.8. The molecule has 1 atom stereocenters. The summed E-state index contributed by atoms with van der Waals surface area (Å²) in [5.41, 5.74) is 3.21. The molecule has 1 unspecified atom stereocenters. The minimum Gasteiger partial charge on any atom is -0.384 e. The summed E-state index contributed by atoms with van der Waals surface area (Å²) >= 11 is 0. The minimum absolute atomic E-state index is 0.0914. The molecule has 0 radical (unpaired) electrons. The Kier molecular flexibility index (Phi) is 5.98. The second-order valence-electron chi connectivity index (χ2n) is 7.29. The van der Waals surface area contributed by atoms with Crippen molar-refractivity contribution in [3.63, 3.8) is 0 Å². The average molecular weight is 396 g/mol. The molecule has 3 aromatic rings. The maximum atomic E-state index is 12.4. The molecule has 0 bridgehead atoms. The molecule has 5 heteroatoms. The monoisotopic (exact) mass is 395 g/mol. The van der Waals surface area contributed by atoms with Gasteiger partial charge in [0.05, 0.1) is 5.75 Å². The predicted molar refractivity (Wildman–Crippen MR) is 113 cm³/mol. The summed E-state index contributed by atoms with van der Waals surface area (Å²) < 4.78 is 27.3. The van der Waals surface area contributed by atoms with Gasteiger partial charge in [-0.15, -0.1) is 0 Å². The van der Waals surface area contributed by atoms with E-state index < -0.39 is 15.6 Å². The fourth-order valence-electron chi connectivity index (χ4n) is 3.08. The van der Waals surface area contributed by atoms with Gasteiger partial charge in [-0.3, -0.25) is 0 Å². The van der Waals surface area contributed by atoms with E-state index in [1.165, 1.54) is 0 Å². The van der Waals surface area contributed by atoms with Crippen LogP contribution >= 0.6 is 0 Å². The van der Waals surface area contributed by atoms with Gasteiger partial charge in [0.15, 0.2) is 0 Å². The van der Waals surface area contributed by atoms with Crippen LogP contribution in [-0.2, 0) is 21.4 Å². The van der Waals surface area contributed by atoms with Crippen LogP contribution in [-0.4, -0.2) is 20.1 Å². The Labute approximate surface area is 166 Å². The SMILES string of the molecule is Cc1cccc(CS(=O)(=O)NCC(C)(O)c2ccc(-c3ccccc3)cc2)c1. The fourth-order valence-corrected chi connectivity index (χ4v) is 4.30. The van der Waals surface area contributed by atoms with Gasteiger partial charge in [-0.05, 0) is 36.1 Å².